The van der Waals surface area contributed by atoms with Crippen LogP contribution in [0.2, 0.25) is 0 Å². The van der Waals surface area contributed by atoms with Gasteiger partial charge in [0.15, 0.2) is 0 Å². The number of rotatable bonds is 5. The number of aliphatic carboxylic acids is 1. The number of carboxylic acids is 1. The van der Waals surface area contributed by atoms with E-state index in [1.165, 1.54) is 12.1 Å². The molecular weight excluding hydrogens is 368 g/mol. The summed E-state index contributed by atoms with van der Waals surface area (Å²) in [7, 11) is -3.98. The Hall–Kier alpha value is -2.71. The minimum atomic E-state index is -3.98. The number of benzene rings is 2. The van der Waals surface area contributed by atoms with Gasteiger partial charge in [-0.1, -0.05) is 35.9 Å². The average molecular weight is 388 g/mol. The Bertz CT molecular complexity index is 942. The Kier molecular flexibility index (Phi) is 5.29. The molecule has 1 heterocycles. The second-order valence-corrected chi connectivity index (χ2v) is 8.40. The number of carbonyl (C=O) groups excluding carboxylic acids is 1. The van der Waals surface area contributed by atoms with Crippen molar-refractivity contribution in [2.75, 3.05) is 6.54 Å². The molecule has 0 radical (unpaired) electrons. The zero-order chi connectivity index (χ0) is 19.6. The van der Waals surface area contributed by atoms with Gasteiger partial charge in [-0.15, -0.1) is 0 Å². The van der Waals surface area contributed by atoms with Crippen molar-refractivity contribution in [3.05, 3.63) is 65.7 Å². The molecule has 0 bridgehead atoms. The molecule has 1 aliphatic rings. The molecule has 2 N–H and O–H groups in total. The highest BCUT2D eigenvalue weighted by Gasteiger charge is 2.44. The van der Waals surface area contributed by atoms with E-state index in [1.54, 1.807) is 42.5 Å². The van der Waals surface area contributed by atoms with Gasteiger partial charge in [-0.3, -0.25) is 9.59 Å². The van der Waals surface area contributed by atoms with E-state index in [4.69, 9.17) is 0 Å². The van der Waals surface area contributed by atoms with Crippen LogP contribution < -0.4 is 5.32 Å². The molecule has 1 amide bonds. The molecule has 2 aromatic rings. The fourth-order valence-corrected chi connectivity index (χ4v) is 4.74. The summed E-state index contributed by atoms with van der Waals surface area (Å²) in [4.78, 5) is 24.0. The monoisotopic (exact) mass is 388 g/mol. The molecule has 1 aliphatic heterocycles. The molecule has 0 aromatic heterocycles. The van der Waals surface area contributed by atoms with Crippen LogP contribution in [0.25, 0.3) is 0 Å². The Labute approximate surface area is 157 Å². The van der Waals surface area contributed by atoms with Gasteiger partial charge in [0.2, 0.25) is 10.0 Å². The van der Waals surface area contributed by atoms with Crippen molar-refractivity contribution >= 4 is 21.9 Å². The van der Waals surface area contributed by atoms with E-state index in [1.807, 2.05) is 6.92 Å². The van der Waals surface area contributed by atoms with Crippen LogP contribution in [0.4, 0.5) is 0 Å². The lowest BCUT2D eigenvalue weighted by Crippen LogP contribution is -2.41. The van der Waals surface area contributed by atoms with Gasteiger partial charge in [0.05, 0.1) is 4.90 Å². The summed E-state index contributed by atoms with van der Waals surface area (Å²) in [6.45, 7) is 1.74. The van der Waals surface area contributed by atoms with E-state index < -0.39 is 28.1 Å². The van der Waals surface area contributed by atoms with E-state index in [-0.39, 0.29) is 23.8 Å². The highest BCUT2D eigenvalue weighted by molar-refractivity contribution is 7.89. The summed E-state index contributed by atoms with van der Waals surface area (Å²) < 4.78 is 26.8. The fourth-order valence-electron chi connectivity index (χ4n) is 3.10. The van der Waals surface area contributed by atoms with Crippen molar-refractivity contribution < 1.29 is 23.1 Å². The number of amides is 1. The van der Waals surface area contributed by atoms with Gasteiger partial charge in [0.25, 0.3) is 5.91 Å². The van der Waals surface area contributed by atoms with Crippen molar-refractivity contribution in [2.45, 2.75) is 30.3 Å². The number of aryl methyl sites for hydroxylation is 1. The summed E-state index contributed by atoms with van der Waals surface area (Å²) in [5.41, 5.74) is 1.34. The summed E-state index contributed by atoms with van der Waals surface area (Å²) in [6.07, 6.45) is 0.0129. The molecule has 2 atom stereocenters. The van der Waals surface area contributed by atoms with E-state index in [0.717, 1.165) is 9.87 Å². The molecule has 3 rings (SSSR count). The molecule has 142 valence electrons. The number of nitrogens with zero attached hydrogens (tertiary/aromatic N) is 1. The van der Waals surface area contributed by atoms with Crippen LogP contribution >= 0.6 is 0 Å². The molecule has 8 heteroatoms. The van der Waals surface area contributed by atoms with E-state index in [2.05, 4.69) is 5.32 Å². The zero-order valence-electron chi connectivity index (χ0n) is 14.7. The van der Waals surface area contributed by atoms with Crippen LogP contribution in [0.15, 0.2) is 59.5 Å². The maximum absolute atomic E-state index is 12.9. The van der Waals surface area contributed by atoms with Crippen LogP contribution in [0.1, 0.15) is 22.3 Å². The Morgan fingerprint density at radius 3 is 2.30 bits per heavy atom. The van der Waals surface area contributed by atoms with E-state index in [0.29, 0.717) is 5.56 Å². The highest BCUT2D eigenvalue weighted by atomic mass is 32.2. The minimum Gasteiger partial charge on any atom is -0.480 e. The lowest BCUT2D eigenvalue weighted by molar-refractivity contribution is -0.140. The van der Waals surface area contributed by atoms with Crippen LogP contribution in [0.3, 0.4) is 0 Å². The van der Waals surface area contributed by atoms with Crippen LogP contribution in [-0.2, 0) is 14.8 Å². The fraction of sp³-hybridized carbons (Fsp3) is 0.263. The average Bonchev–Trinajstić information content (AvgIpc) is 3.08. The number of hydrogen-bond donors (Lipinski definition) is 2. The SMILES string of the molecule is Cc1ccc(S(=O)(=O)N2CC(NC(=O)c3ccccc3)C[C@H]2C(=O)O)cc1. The van der Waals surface area contributed by atoms with E-state index >= 15 is 0 Å². The van der Waals surface area contributed by atoms with Crippen LogP contribution in [0.5, 0.6) is 0 Å². The minimum absolute atomic E-state index is 0.0129. The normalized spacial score (nSPS) is 20.3. The summed E-state index contributed by atoms with van der Waals surface area (Å²) in [5, 5.41) is 12.2. The van der Waals surface area contributed by atoms with Gasteiger partial charge in [0, 0.05) is 18.2 Å². The van der Waals surface area contributed by atoms with Crippen molar-refractivity contribution in [3.8, 4) is 0 Å². The van der Waals surface area contributed by atoms with Gasteiger partial charge < -0.3 is 10.4 Å². The second-order valence-electron chi connectivity index (χ2n) is 6.51. The Morgan fingerprint density at radius 1 is 1.07 bits per heavy atom. The van der Waals surface area contributed by atoms with Crippen molar-refractivity contribution in [2.24, 2.45) is 0 Å². The van der Waals surface area contributed by atoms with Crippen molar-refractivity contribution in [1.82, 2.24) is 9.62 Å². The zero-order valence-corrected chi connectivity index (χ0v) is 15.5. The third kappa shape index (κ3) is 4.01. The third-order valence-corrected chi connectivity index (χ3v) is 6.43. The van der Waals surface area contributed by atoms with E-state index in [9.17, 15) is 23.1 Å². The van der Waals surface area contributed by atoms with Gasteiger partial charge in [-0.25, -0.2) is 8.42 Å². The topological polar surface area (TPSA) is 104 Å². The molecular formula is C19H20N2O5S. The number of sulfonamides is 1. The second kappa shape index (κ2) is 7.50. The van der Waals surface area contributed by atoms with Crippen molar-refractivity contribution in [1.29, 1.82) is 0 Å². The maximum atomic E-state index is 12.9. The number of carbonyl (C=O) groups is 2. The van der Waals surface area contributed by atoms with Crippen molar-refractivity contribution in [3.63, 3.8) is 0 Å². The predicted molar refractivity (Wildman–Crippen MR) is 98.8 cm³/mol. The first kappa shape index (κ1) is 19.1. The smallest absolute Gasteiger partial charge is 0.322 e. The Morgan fingerprint density at radius 2 is 1.70 bits per heavy atom. The summed E-state index contributed by atoms with van der Waals surface area (Å²) in [6, 6.07) is 12.9. The lowest BCUT2D eigenvalue weighted by Gasteiger charge is -2.21. The maximum Gasteiger partial charge on any atom is 0.322 e. The van der Waals surface area contributed by atoms with Gasteiger partial charge in [-0.05, 0) is 37.6 Å². The van der Waals surface area contributed by atoms with Crippen LogP contribution in [-0.4, -0.2) is 48.3 Å². The molecule has 1 saturated heterocycles. The molecule has 0 aliphatic carbocycles. The molecule has 7 nitrogen and oxygen atoms in total. The first-order valence-corrected chi connectivity index (χ1v) is 9.90. The van der Waals surface area contributed by atoms with Crippen LogP contribution in [0, 0.1) is 6.92 Å². The molecule has 27 heavy (non-hydrogen) atoms. The number of carboxylic acid groups (broad SMARTS) is 1. The highest BCUT2D eigenvalue weighted by Crippen LogP contribution is 2.27. The number of nitrogens with one attached hydrogen (secondary N) is 1. The molecule has 2 aromatic carbocycles. The first-order chi connectivity index (χ1) is 12.8. The largest absolute Gasteiger partial charge is 0.480 e. The number of hydrogen-bond acceptors (Lipinski definition) is 4. The Balaban J connectivity index is 1.82. The van der Waals surface area contributed by atoms with Gasteiger partial charge >= 0.3 is 5.97 Å². The summed E-state index contributed by atoms with van der Waals surface area (Å²) in [5.74, 6) is -1.60. The third-order valence-electron chi connectivity index (χ3n) is 4.54. The summed E-state index contributed by atoms with van der Waals surface area (Å²) >= 11 is 0. The first-order valence-electron chi connectivity index (χ1n) is 8.46. The molecule has 1 unspecified atom stereocenters. The van der Waals surface area contributed by atoms with Gasteiger partial charge in [-0.2, -0.15) is 4.31 Å². The quantitative estimate of drug-likeness (QED) is 0.810. The standard InChI is InChI=1S/C19H20N2O5S/c1-13-7-9-16(10-8-13)27(25,26)21-12-15(11-17(21)19(23)24)20-18(22)14-5-3-2-4-6-14/h2-10,15,17H,11-12H2,1H3,(H,20,22)(H,23,24)/t15?,17-/m0/s1. The predicted octanol–water partition coefficient (Wildman–Crippen LogP) is 1.64. The molecule has 1 fully saturated rings. The molecule has 0 spiro atoms. The lowest BCUT2D eigenvalue weighted by atomic mass is 10.1. The molecule has 0 saturated carbocycles. The van der Waals surface area contributed by atoms with Gasteiger partial charge in [0.1, 0.15) is 6.04 Å².